The Morgan fingerprint density at radius 2 is 1.57 bits per heavy atom. The van der Waals surface area contributed by atoms with Crippen LogP contribution >= 0.6 is 0 Å². The summed E-state index contributed by atoms with van der Waals surface area (Å²) in [6, 6.07) is 8.42. The van der Waals surface area contributed by atoms with E-state index in [9.17, 15) is 27.6 Å². The van der Waals surface area contributed by atoms with Gasteiger partial charge < -0.3 is 10.8 Å². The van der Waals surface area contributed by atoms with Crippen LogP contribution in [0.25, 0.3) is 5.69 Å². The van der Waals surface area contributed by atoms with Crippen LogP contribution in [0, 0.1) is 17.5 Å². The zero-order valence-electron chi connectivity index (χ0n) is 15.4. The predicted molar refractivity (Wildman–Crippen MR) is 102 cm³/mol. The number of carboxylic acid groups (broad SMARTS) is 1. The molecule has 0 unspecified atom stereocenters. The number of aliphatic carboxylic acids is 1. The SMILES string of the molecule is Nc1c(C(=O)c2ccc(F)cc2)ccc(=O)n1-c1c(F)cc(CCC(=O)O)cc1F. The number of nitrogens with two attached hydrogens (primary N) is 1. The Bertz CT molecular complexity index is 1180. The number of carboxylic acids is 1. The van der Waals surface area contributed by atoms with Crippen molar-refractivity contribution >= 4 is 17.6 Å². The molecule has 6 nitrogen and oxygen atoms in total. The van der Waals surface area contributed by atoms with Crippen molar-refractivity contribution in [2.45, 2.75) is 12.8 Å². The molecule has 3 N–H and O–H groups in total. The molecule has 2 aromatic carbocycles. The molecule has 1 heterocycles. The van der Waals surface area contributed by atoms with Gasteiger partial charge in [0.1, 0.15) is 17.3 Å². The topological polar surface area (TPSA) is 102 Å². The second kappa shape index (κ2) is 8.24. The lowest BCUT2D eigenvalue weighted by Crippen LogP contribution is -2.25. The highest BCUT2D eigenvalue weighted by molar-refractivity contribution is 6.11. The number of hydrogen-bond acceptors (Lipinski definition) is 4. The van der Waals surface area contributed by atoms with Crippen molar-refractivity contribution in [3.8, 4) is 5.69 Å². The third-order valence-corrected chi connectivity index (χ3v) is 4.41. The zero-order chi connectivity index (χ0) is 22.0. The van der Waals surface area contributed by atoms with Crippen LogP contribution in [-0.4, -0.2) is 21.4 Å². The number of benzene rings is 2. The van der Waals surface area contributed by atoms with Gasteiger partial charge in [-0.15, -0.1) is 0 Å². The summed E-state index contributed by atoms with van der Waals surface area (Å²) < 4.78 is 42.9. The first-order chi connectivity index (χ1) is 14.2. The average molecular weight is 416 g/mol. The average Bonchev–Trinajstić information content (AvgIpc) is 2.68. The van der Waals surface area contributed by atoms with E-state index in [0.29, 0.717) is 4.57 Å². The van der Waals surface area contributed by atoms with E-state index in [1.165, 1.54) is 12.1 Å². The molecule has 30 heavy (non-hydrogen) atoms. The molecule has 0 aliphatic carbocycles. The van der Waals surface area contributed by atoms with Crippen LogP contribution in [0.1, 0.15) is 27.9 Å². The lowest BCUT2D eigenvalue weighted by Gasteiger charge is -2.15. The molecule has 0 fully saturated rings. The van der Waals surface area contributed by atoms with Gasteiger partial charge in [0.2, 0.25) is 0 Å². The van der Waals surface area contributed by atoms with Gasteiger partial charge in [-0.1, -0.05) is 0 Å². The van der Waals surface area contributed by atoms with Crippen LogP contribution in [0.3, 0.4) is 0 Å². The molecule has 0 amide bonds. The maximum Gasteiger partial charge on any atom is 0.303 e. The number of nitrogens with zero attached hydrogens (tertiary/aromatic N) is 1. The smallest absolute Gasteiger partial charge is 0.303 e. The van der Waals surface area contributed by atoms with Gasteiger partial charge in [-0.3, -0.25) is 19.0 Å². The van der Waals surface area contributed by atoms with Gasteiger partial charge in [-0.2, -0.15) is 0 Å². The molecule has 3 aromatic rings. The first-order valence-corrected chi connectivity index (χ1v) is 8.71. The highest BCUT2D eigenvalue weighted by atomic mass is 19.1. The van der Waals surface area contributed by atoms with Crippen LogP contribution in [0.4, 0.5) is 19.0 Å². The van der Waals surface area contributed by atoms with E-state index < -0.39 is 46.3 Å². The Labute approximate surface area is 168 Å². The summed E-state index contributed by atoms with van der Waals surface area (Å²) in [7, 11) is 0. The first-order valence-electron chi connectivity index (χ1n) is 8.71. The number of halogens is 3. The Morgan fingerprint density at radius 3 is 2.13 bits per heavy atom. The number of rotatable bonds is 6. The number of nitrogen functional groups attached to an aromatic ring is 1. The number of aryl methyl sites for hydroxylation is 1. The third-order valence-electron chi connectivity index (χ3n) is 4.41. The quantitative estimate of drug-likeness (QED) is 0.602. The second-order valence-electron chi connectivity index (χ2n) is 6.44. The van der Waals surface area contributed by atoms with Gasteiger partial charge >= 0.3 is 5.97 Å². The third kappa shape index (κ3) is 4.09. The van der Waals surface area contributed by atoms with E-state index in [0.717, 1.165) is 36.4 Å². The molecule has 1 aromatic heterocycles. The van der Waals surface area contributed by atoms with E-state index in [2.05, 4.69) is 0 Å². The molecule has 0 aliphatic rings. The lowest BCUT2D eigenvalue weighted by atomic mass is 10.0. The van der Waals surface area contributed by atoms with E-state index in [1.54, 1.807) is 0 Å². The van der Waals surface area contributed by atoms with E-state index in [-0.39, 0.29) is 29.5 Å². The summed E-state index contributed by atoms with van der Waals surface area (Å²) in [5.41, 5.74) is 4.21. The molecule has 0 bridgehead atoms. The molecule has 0 saturated carbocycles. The molecular weight excluding hydrogens is 401 g/mol. The van der Waals surface area contributed by atoms with Gasteiger partial charge in [-0.05, 0) is 54.4 Å². The molecule has 154 valence electrons. The number of carbonyl (C=O) groups is 2. The monoisotopic (exact) mass is 416 g/mol. The summed E-state index contributed by atoms with van der Waals surface area (Å²) in [5.74, 6) is -5.14. The predicted octanol–water partition coefficient (Wildman–Crippen LogP) is 3.09. The van der Waals surface area contributed by atoms with Gasteiger partial charge in [-0.25, -0.2) is 13.2 Å². The molecule has 0 saturated heterocycles. The van der Waals surface area contributed by atoms with Crippen LogP contribution in [0.15, 0.2) is 53.3 Å². The molecule has 9 heteroatoms. The van der Waals surface area contributed by atoms with Gasteiger partial charge in [0.05, 0.1) is 5.56 Å². The van der Waals surface area contributed by atoms with Crippen molar-refractivity contribution in [1.82, 2.24) is 4.57 Å². The molecular formula is C21H15F3N2O4. The number of carbonyl (C=O) groups excluding carboxylic acids is 1. The summed E-state index contributed by atoms with van der Waals surface area (Å²) in [6.45, 7) is 0. The van der Waals surface area contributed by atoms with Crippen molar-refractivity contribution in [3.63, 3.8) is 0 Å². The van der Waals surface area contributed by atoms with E-state index >= 15 is 0 Å². The highest BCUT2D eigenvalue weighted by Gasteiger charge is 2.21. The summed E-state index contributed by atoms with van der Waals surface area (Å²) in [6.07, 6.45) is -0.446. The lowest BCUT2D eigenvalue weighted by molar-refractivity contribution is -0.136. The number of pyridine rings is 1. The van der Waals surface area contributed by atoms with Crippen molar-refractivity contribution in [2.24, 2.45) is 0 Å². The number of aromatic nitrogens is 1. The highest BCUT2D eigenvalue weighted by Crippen LogP contribution is 2.24. The van der Waals surface area contributed by atoms with Crippen LogP contribution < -0.4 is 11.3 Å². The Balaban J connectivity index is 2.10. The minimum absolute atomic E-state index is 0.0678. The van der Waals surface area contributed by atoms with Crippen LogP contribution in [-0.2, 0) is 11.2 Å². The minimum Gasteiger partial charge on any atom is -0.481 e. The van der Waals surface area contributed by atoms with Gasteiger partial charge in [0, 0.05) is 18.1 Å². The molecule has 0 aliphatic heterocycles. The number of ketones is 1. The Kier molecular flexibility index (Phi) is 5.72. The fraction of sp³-hybridized carbons (Fsp3) is 0.0952. The van der Waals surface area contributed by atoms with Crippen molar-refractivity contribution < 1.29 is 27.9 Å². The second-order valence-corrected chi connectivity index (χ2v) is 6.44. The fourth-order valence-electron chi connectivity index (χ4n) is 2.96. The maximum atomic E-state index is 14.7. The van der Waals surface area contributed by atoms with Crippen LogP contribution in [0.5, 0.6) is 0 Å². The van der Waals surface area contributed by atoms with Gasteiger partial charge in [0.15, 0.2) is 17.4 Å². The van der Waals surface area contributed by atoms with Crippen molar-refractivity contribution in [2.75, 3.05) is 5.73 Å². The summed E-state index contributed by atoms with van der Waals surface area (Å²) in [5, 5.41) is 8.71. The summed E-state index contributed by atoms with van der Waals surface area (Å²) >= 11 is 0. The van der Waals surface area contributed by atoms with Gasteiger partial charge in [0.25, 0.3) is 5.56 Å². The number of anilines is 1. The van der Waals surface area contributed by atoms with Crippen molar-refractivity contribution in [1.29, 1.82) is 0 Å². The standard InChI is InChI=1S/C21H15F3N2O4/c22-13-4-2-12(3-5-13)20(30)14-6-7-17(27)26(21(14)25)19-15(23)9-11(10-16(19)24)1-8-18(28)29/h2-7,9-10H,1,8,25H2,(H,28,29). The normalized spacial score (nSPS) is 10.8. The van der Waals surface area contributed by atoms with Crippen LogP contribution in [0.2, 0.25) is 0 Å². The fourth-order valence-corrected chi connectivity index (χ4v) is 2.96. The minimum atomic E-state index is -1.14. The summed E-state index contributed by atoms with van der Waals surface area (Å²) in [4.78, 5) is 35.7. The Hall–Kier alpha value is -3.88. The van der Waals surface area contributed by atoms with Crippen molar-refractivity contribution in [3.05, 3.63) is 93.0 Å². The number of hydrogen-bond donors (Lipinski definition) is 2. The molecule has 0 atom stereocenters. The first kappa shape index (κ1) is 20.8. The Morgan fingerprint density at radius 1 is 0.967 bits per heavy atom. The molecule has 0 radical (unpaired) electrons. The molecule has 3 rings (SSSR count). The van der Waals surface area contributed by atoms with E-state index in [4.69, 9.17) is 10.8 Å². The maximum absolute atomic E-state index is 14.7. The zero-order valence-corrected chi connectivity index (χ0v) is 15.4. The van der Waals surface area contributed by atoms with E-state index in [1.807, 2.05) is 0 Å². The molecule has 0 spiro atoms. The largest absolute Gasteiger partial charge is 0.481 e.